The van der Waals surface area contributed by atoms with Crippen molar-refractivity contribution in [2.75, 3.05) is 42.3 Å². The predicted octanol–water partition coefficient (Wildman–Crippen LogP) is -4.20. The van der Waals surface area contributed by atoms with Crippen molar-refractivity contribution in [3.63, 3.8) is 0 Å². The maximum Gasteiger partial charge on any atom is 0.481 e. The van der Waals surface area contributed by atoms with Crippen molar-refractivity contribution in [1.82, 2.24) is 25.5 Å². The Morgan fingerprint density at radius 2 is 1.65 bits per heavy atom. The summed E-state index contributed by atoms with van der Waals surface area (Å²) < 4.78 is 79.6. The minimum Gasteiger partial charge on any atom is -0.388 e. The number of H-pyrrole nitrogens is 2. The molecule has 0 amide bonds. The fourth-order valence-electron chi connectivity index (χ4n) is 6.34. The number of ether oxygens (including phenoxy) is 1. The third-order valence-corrected chi connectivity index (χ3v) is 12.7. The van der Waals surface area contributed by atoms with Crippen LogP contribution in [-0.4, -0.2) is 145 Å². The monoisotopic (exact) mass is 871 g/mol. The smallest absolute Gasteiger partial charge is 0.388 e. The molecule has 30 heteroatoms. The Labute approximate surface area is 320 Å². The summed E-state index contributed by atoms with van der Waals surface area (Å²) in [6.07, 6.45) is -12.5. The standard InChI is InChI=1S/C27H39N9O18P2S/c1-10-3-12-13(4-11(10)2)36(57(48,49)50)18-24(32-27(43)33-25(18)42)34(12)5-14(37)19(39)15(38)6-51-55(44,45)54-56(46,47)52-7-16-20(40)21(41)26(53-16)35-9-31-17-22(28)29-8-30-23(17)35/h3-4,14-16,19-21,26,30-31,37-41H,5-9H2,1-2H3,(H2,28,29)(H,44,45)(H,46,47)(H,48,49,50)(H2,32,33,42,43)/t14-,15+,16+,19-,20+,21+,26+/m0/s1. The van der Waals surface area contributed by atoms with Crippen LogP contribution in [0.15, 0.2) is 38.2 Å². The van der Waals surface area contributed by atoms with Gasteiger partial charge in [-0.25, -0.2) is 23.2 Å². The number of hydrogen-bond donors (Lipinski definition) is 13. The highest BCUT2D eigenvalue weighted by atomic mass is 32.2. The molecule has 0 aliphatic carbocycles. The number of aliphatic hydroxyl groups excluding tert-OH is 5. The number of anilines is 4. The summed E-state index contributed by atoms with van der Waals surface area (Å²) in [7, 11) is -16.4. The Balaban J connectivity index is 1.08. The third-order valence-electron chi connectivity index (χ3n) is 9.22. The lowest BCUT2D eigenvalue weighted by molar-refractivity contribution is -0.0837. The number of phosphoric acid groups is 2. The number of β-amino-alcohol motifs (C(OH)–C–C–N with tert-alkyl or cyclic N) is 1. The summed E-state index contributed by atoms with van der Waals surface area (Å²) in [5.74, 6) is 0.0330. The van der Waals surface area contributed by atoms with E-state index < -0.39 is 111 Å². The van der Waals surface area contributed by atoms with Gasteiger partial charge in [-0.2, -0.15) is 12.7 Å². The summed E-state index contributed by atoms with van der Waals surface area (Å²) >= 11 is 0. The topological polar surface area (TPSA) is 405 Å². The zero-order valence-corrected chi connectivity index (χ0v) is 32.2. The van der Waals surface area contributed by atoms with Gasteiger partial charge in [0.2, 0.25) is 0 Å². The Morgan fingerprint density at radius 3 is 2.32 bits per heavy atom. The molecule has 14 N–H and O–H groups in total. The lowest BCUT2D eigenvalue weighted by atomic mass is 10.0. The number of aryl methyl sites for hydroxylation is 2. The zero-order valence-electron chi connectivity index (χ0n) is 29.6. The molecule has 0 radical (unpaired) electrons. The zero-order chi connectivity index (χ0) is 41.9. The molecule has 6 rings (SSSR count). The van der Waals surface area contributed by atoms with E-state index in [1.807, 2.05) is 4.98 Å². The number of phosphoric ester groups is 2. The molecule has 27 nitrogen and oxygen atoms in total. The summed E-state index contributed by atoms with van der Waals surface area (Å²) in [4.78, 5) is 55.9. The van der Waals surface area contributed by atoms with Crippen LogP contribution < -0.4 is 36.8 Å². The van der Waals surface area contributed by atoms with Gasteiger partial charge in [0.05, 0.1) is 37.8 Å². The predicted molar refractivity (Wildman–Crippen MR) is 192 cm³/mol. The molecule has 1 saturated heterocycles. The lowest BCUT2D eigenvalue weighted by Gasteiger charge is -2.39. The first-order valence-electron chi connectivity index (χ1n) is 16.5. The van der Waals surface area contributed by atoms with Crippen LogP contribution in [0.2, 0.25) is 0 Å². The fourth-order valence-corrected chi connectivity index (χ4v) is 9.24. The van der Waals surface area contributed by atoms with Gasteiger partial charge in [0.1, 0.15) is 66.5 Å². The van der Waals surface area contributed by atoms with Crippen LogP contribution in [0.25, 0.3) is 0 Å². The molecule has 0 bridgehead atoms. The van der Waals surface area contributed by atoms with Crippen molar-refractivity contribution in [3.05, 3.63) is 55.6 Å². The Bertz CT molecular complexity index is 2310. The second-order valence-corrected chi connectivity index (χ2v) is 17.4. The van der Waals surface area contributed by atoms with Crippen LogP contribution in [-0.2, 0) is 37.5 Å². The van der Waals surface area contributed by atoms with E-state index in [9.17, 15) is 67.0 Å². The molecule has 4 aliphatic heterocycles. The second kappa shape index (κ2) is 15.7. The summed E-state index contributed by atoms with van der Waals surface area (Å²) in [5.41, 5.74) is 3.73. The van der Waals surface area contributed by atoms with Gasteiger partial charge in [0.15, 0.2) is 11.9 Å². The first-order chi connectivity index (χ1) is 26.5. The molecule has 9 atom stereocenters. The van der Waals surface area contributed by atoms with Crippen LogP contribution >= 0.6 is 15.6 Å². The van der Waals surface area contributed by atoms with E-state index in [4.69, 9.17) is 15.0 Å². The highest BCUT2D eigenvalue weighted by Gasteiger charge is 2.49. The molecule has 0 spiro atoms. The normalized spacial score (nSPS) is 25.6. The minimum atomic E-state index is -5.62. The van der Waals surface area contributed by atoms with Gasteiger partial charge in [-0.1, -0.05) is 0 Å². The van der Waals surface area contributed by atoms with Crippen LogP contribution in [0.4, 0.5) is 22.9 Å². The highest BCUT2D eigenvalue weighted by molar-refractivity contribution is 7.87. The van der Waals surface area contributed by atoms with Crippen LogP contribution in [0, 0.1) is 13.8 Å². The molecule has 1 aromatic heterocycles. The molecule has 1 aromatic carbocycles. The molecule has 316 valence electrons. The number of nitrogens with one attached hydrogen (secondary N) is 4. The van der Waals surface area contributed by atoms with Gasteiger partial charge in [0, 0.05) is 0 Å². The maximum atomic E-state index is 12.9. The van der Waals surface area contributed by atoms with E-state index in [0.29, 0.717) is 22.6 Å². The number of rotatable bonds is 14. The van der Waals surface area contributed by atoms with Crippen LogP contribution in [0.1, 0.15) is 11.1 Å². The van der Waals surface area contributed by atoms with Crippen LogP contribution in [0.5, 0.6) is 0 Å². The van der Waals surface area contributed by atoms with Crippen molar-refractivity contribution in [2.45, 2.75) is 56.7 Å². The number of aromatic amines is 2. The Hall–Kier alpha value is -3.96. The number of hydrogen-bond acceptors (Lipinski definition) is 21. The molecule has 4 aliphatic rings. The fraction of sp³-hybridized carbons (Fsp3) is 0.519. The largest absolute Gasteiger partial charge is 0.481 e. The quantitative estimate of drug-likeness (QED) is 0.0632. The van der Waals surface area contributed by atoms with E-state index in [2.05, 4.69) is 29.4 Å². The Kier molecular flexibility index (Phi) is 11.7. The first-order valence-corrected chi connectivity index (χ1v) is 20.9. The molecular formula is C27H39N9O18P2S. The summed E-state index contributed by atoms with van der Waals surface area (Å²) in [5, 5.41) is 59.3. The molecule has 57 heavy (non-hydrogen) atoms. The van der Waals surface area contributed by atoms with E-state index >= 15 is 0 Å². The summed E-state index contributed by atoms with van der Waals surface area (Å²) in [6.45, 7) is 0.302. The van der Waals surface area contributed by atoms with E-state index in [1.165, 1.54) is 17.0 Å². The minimum absolute atomic E-state index is 0.0670. The van der Waals surface area contributed by atoms with Crippen molar-refractivity contribution in [3.8, 4) is 0 Å². The van der Waals surface area contributed by atoms with Crippen molar-refractivity contribution >= 4 is 54.7 Å². The molecule has 1 fully saturated rings. The van der Waals surface area contributed by atoms with Crippen molar-refractivity contribution in [1.29, 1.82) is 0 Å². The van der Waals surface area contributed by atoms with Gasteiger partial charge in [-0.05, 0) is 37.1 Å². The number of aliphatic hydroxyl groups is 5. The van der Waals surface area contributed by atoms with Gasteiger partial charge in [0.25, 0.3) is 5.56 Å². The maximum absolute atomic E-state index is 12.9. The molecular weight excluding hydrogens is 832 g/mol. The van der Waals surface area contributed by atoms with Crippen molar-refractivity contribution in [2.24, 2.45) is 10.7 Å². The van der Waals surface area contributed by atoms with Crippen LogP contribution in [0.3, 0.4) is 0 Å². The number of fused-ring (bicyclic) bond motifs is 2. The Morgan fingerprint density at radius 1 is 1.00 bits per heavy atom. The number of aliphatic imine (C=N–C) groups is 1. The van der Waals surface area contributed by atoms with E-state index in [1.54, 1.807) is 13.8 Å². The van der Waals surface area contributed by atoms with Gasteiger partial charge in [-0.3, -0.25) is 28.4 Å². The van der Waals surface area contributed by atoms with Gasteiger partial charge in [-0.15, -0.1) is 0 Å². The van der Waals surface area contributed by atoms with E-state index in [0.717, 1.165) is 4.90 Å². The number of benzene rings is 1. The number of aromatic nitrogens is 2. The SMILES string of the molecule is Cc1cc2c(cc1C)N(S(=O)(=O)O)c1c([nH]c(=O)[nH]c1=O)N2C[C@H](O)[C@H](O)[C@H](O)COP(=O)(O)OP(=O)(O)OC[C@H]1O[C@@H](N2CNC3=C2NCN=C3N)[C@H](O)[C@@H]1O. The first kappa shape index (κ1) is 42.6. The average molecular weight is 872 g/mol. The highest BCUT2D eigenvalue weighted by Crippen LogP contribution is 2.60. The van der Waals surface area contributed by atoms with E-state index in [-0.39, 0.29) is 34.9 Å². The second-order valence-electron chi connectivity index (χ2n) is 13.1. The summed E-state index contributed by atoms with van der Waals surface area (Å²) in [6, 6.07) is 2.67. The lowest BCUT2D eigenvalue weighted by Crippen LogP contribution is -2.48. The number of amidine groups is 1. The molecule has 5 heterocycles. The molecule has 0 saturated carbocycles. The third kappa shape index (κ3) is 8.61. The van der Waals surface area contributed by atoms with Gasteiger partial charge >= 0.3 is 31.6 Å². The average Bonchev–Trinajstić information content (AvgIpc) is 3.66. The van der Waals surface area contributed by atoms with Crippen molar-refractivity contribution < 1.29 is 75.5 Å². The van der Waals surface area contributed by atoms with Gasteiger partial charge < -0.3 is 66.2 Å². The number of nitrogens with zero attached hydrogens (tertiary/aromatic N) is 4. The molecule has 2 aromatic rings. The molecule has 2 unspecified atom stereocenters. The number of nitrogens with two attached hydrogens (primary N) is 1.